The lowest BCUT2D eigenvalue weighted by molar-refractivity contribution is -0.145. The zero-order valence-corrected chi connectivity index (χ0v) is 19.4. The monoisotopic (exact) mass is 521 g/mol. The fourth-order valence-corrected chi connectivity index (χ4v) is 4.38. The summed E-state index contributed by atoms with van der Waals surface area (Å²) in [5.41, 5.74) is -2.73. The number of fused-ring (bicyclic) bond motifs is 1. The Morgan fingerprint density at radius 1 is 1.08 bits per heavy atom. The number of nitriles is 1. The van der Waals surface area contributed by atoms with E-state index >= 15 is 0 Å². The van der Waals surface area contributed by atoms with Gasteiger partial charge in [0.1, 0.15) is 23.4 Å². The highest BCUT2D eigenvalue weighted by molar-refractivity contribution is 6.00. The highest BCUT2D eigenvalue weighted by Crippen LogP contribution is 2.37. The van der Waals surface area contributed by atoms with Crippen LogP contribution in [0.1, 0.15) is 54.4 Å². The molecule has 0 unspecified atom stereocenters. The van der Waals surface area contributed by atoms with E-state index in [1.165, 1.54) is 23.0 Å². The van der Waals surface area contributed by atoms with Crippen LogP contribution in [0.4, 0.5) is 26.3 Å². The summed E-state index contributed by atoms with van der Waals surface area (Å²) in [5.74, 6) is -0.785. The van der Waals surface area contributed by atoms with Gasteiger partial charge in [-0.15, -0.1) is 0 Å². The maximum atomic E-state index is 13.3. The minimum absolute atomic E-state index is 0.0702. The van der Waals surface area contributed by atoms with Gasteiger partial charge in [-0.2, -0.15) is 31.6 Å². The number of aromatic nitrogens is 2. The van der Waals surface area contributed by atoms with Gasteiger partial charge in [-0.3, -0.25) is 0 Å². The number of benzene rings is 1. The van der Waals surface area contributed by atoms with E-state index in [9.17, 15) is 36.4 Å². The van der Waals surface area contributed by atoms with Crippen LogP contribution in [-0.2, 0) is 28.4 Å². The van der Waals surface area contributed by atoms with Crippen LogP contribution in [0.5, 0.6) is 0 Å². The Hall–Kier alpha value is -3.81. The molecule has 4 rings (SSSR count). The Bertz CT molecular complexity index is 1340. The number of rotatable bonds is 5. The van der Waals surface area contributed by atoms with Crippen LogP contribution in [0.2, 0.25) is 0 Å². The first kappa shape index (κ1) is 26.3. The molecule has 0 aliphatic heterocycles. The molecular weight excluding hydrogens is 500 g/mol. The van der Waals surface area contributed by atoms with Crippen LogP contribution in [0.25, 0.3) is 17.1 Å². The molecule has 2 heterocycles. The fourth-order valence-electron chi connectivity index (χ4n) is 4.38. The summed E-state index contributed by atoms with van der Waals surface area (Å²) in [6, 6.07) is 6.41. The predicted octanol–water partition coefficient (Wildman–Crippen LogP) is 6.91. The molecule has 0 spiro atoms. The van der Waals surface area contributed by atoms with Gasteiger partial charge >= 0.3 is 18.3 Å². The van der Waals surface area contributed by atoms with Crippen molar-refractivity contribution >= 4 is 23.1 Å². The second-order valence-electron chi connectivity index (χ2n) is 8.84. The summed E-state index contributed by atoms with van der Waals surface area (Å²) in [5, 5.41) is 10.0. The van der Waals surface area contributed by atoms with Crippen molar-refractivity contribution in [1.29, 1.82) is 5.26 Å². The normalized spacial score (nSPS) is 15.5. The molecule has 37 heavy (non-hydrogen) atoms. The Morgan fingerprint density at radius 3 is 2.32 bits per heavy atom. The molecule has 0 saturated heterocycles. The van der Waals surface area contributed by atoms with E-state index in [4.69, 9.17) is 4.74 Å². The first-order valence-electron chi connectivity index (χ1n) is 11.5. The molecule has 1 saturated carbocycles. The van der Waals surface area contributed by atoms with Gasteiger partial charge in [-0.05, 0) is 67.7 Å². The quantitative estimate of drug-likeness (QED) is 0.158. The summed E-state index contributed by atoms with van der Waals surface area (Å²) < 4.78 is 86.6. The van der Waals surface area contributed by atoms with Crippen LogP contribution in [0.3, 0.4) is 0 Å². The first-order chi connectivity index (χ1) is 17.5. The molecule has 0 radical (unpaired) electrons. The molecule has 0 N–H and O–H groups in total. The SMILES string of the molecule is N#C/C(=C\c1cn(Cc2cc(C(F)(F)F)cc(C(F)(F)F)c2)c2ncccc12)C(=O)OC1CCCCC1. The molecule has 194 valence electrons. The van der Waals surface area contributed by atoms with Gasteiger partial charge in [-0.1, -0.05) is 6.42 Å². The third kappa shape index (κ3) is 6.13. The van der Waals surface area contributed by atoms with Gasteiger partial charge in [0, 0.05) is 29.9 Å². The van der Waals surface area contributed by atoms with E-state index in [2.05, 4.69) is 4.98 Å². The Balaban J connectivity index is 1.71. The lowest BCUT2D eigenvalue weighted by atomic mass is 9.98. The number of hydrogen-bond acceptors (Lipinski definition) is 4. The number of hydrogen-bond donors (Lipinski definition) is 0. The standard InChI is InChI=1S/C26H21F6N3O2/c27-25(28,29)19-9-16(10-20(12-19)26(30,31)32)14-35-15-18(22-7-4-8-34-23(22)35)11-17(13-33)24(36)37-21-5-2-1-3-6-21/h4,7-12,15,21H,1-3,5-6,14H2/b17-11+. The summed E-state index contributed by atoms with van der Waals surface area (Å²) in [6.07, 6.45) is -1.75. The maximum Gasteiger partial charge on any atom is 0.416 e. The highest BCUT2D eigenvalue weighted by Gasteiger charge is 2.37. The first-order valence-corrected chi connectivity index (χ1v) is 11.5. The number of nitrogens with zero attached hydrogens (tertiary/aromatic N) is 3. The second kappa shape index (κ2) is 10.3. The molecule has 1 fully saturated rings. The fraction of sp³-hybridized carbons (Fsp3) is 0.346. The predicted molar refractivity (Wildman–Crippen MR) is 122 cm³/mol. The van der Waals surface area contributed by atoms with Crippen LogP contribution in [-0.4, -0.2) is 21.6 Å². The van der Waals surface area contributed by atoms with Gasteiger partial charge in [0.2, 0.25) is 0 Å². The van der Waals surface area contributed by atoms with Crippen molar-refractivity contribution in [3.8, 4) is 6.07 Å². The zero-order chi connectivity index (χ0) is 26.8. The van der Waals surface area contributed by atoms with Gasteiger partial charge in [0.05, 0.1) is 11.1 Å². The lowest BCUT2D eigenvalue weighted by Gasteiger charge is -2.21. The smallest absolute Gasteiger partial charge is 0.416 e. The topological polar surface area (TPSA) is 67.9 Å². The molecule has 3 aromatic rings. The van der Waals surface area contributed by atoms with Crippen molar-refractivity contribution in [3.63, 3.8) is 0 Å². The molecule has 1 aromatic carbocycles. The van der Waals surface area contributed by atoms with Crippen molar-refractivity contribution in [2.75, 3.05) is 0 Å². The summed E-state index contributed by atoms with van der Waals surface area (Å²) in [6.45, 7) is -0.358. The number of ether oxygens (including phenoxy) is 1. The number of alkyl halides is 6. The van der Waals surface area contributed by atoms with Crippen LogP contribution in [0, 0.1) is 11.3 Å². The van der Waals surface area contributed by atoms with Crippen LogP contribution in [0.15, 0.2) is 48.3 Å². The lowest BCUT2D eigenvalue weighted by Crippen LogP contribution is -2.21. The minimum atomic E-state index is -4.97. The van der Waals surface area contributed by atoms with E-state index in [0.717, 1.165) is 19.3 Å². The molecule has 5 nitrogen and oxygen atoms in total. The molecule has 1 aliphatic rings. The molecule has 11 heteroatoms. The molecular formula is C26H21F6N3O2. The van der Waals surface area contributed by atoms with E-state index in [1.807, 2.05) is 6.07 Å². The molecule has 1 aliphatic carbocycles. The largest absolute Gasteiger partial charge is 0.458 e. The minimum Gasteiger partial charge on any atom is -0.458 e. The van der Waals surface area contributed by atoms with E-state index in [0.29, 0.717) is 35.9 Å². The van der Waals surface area contributed by atoms with Crippen LogP contribution < -0.4 is 0 Å². The number of carbonyl (C=O) groups is 1. The zero-order valence-electron chi connectivity index (χ0n) is 19.4. The summed E-state index contributed by atoms with van der Waals surface area (Å²) >= 11 is 0. The number of halogens is 6. The third-order valence-electron chi connectivity index (χ3n) is 6.13. The molecule has 2 aromatic heterocycles. The number of esters is 1. The summed E-state index contributed by atoms with van der Waals surface area (Å²) in [4.78, 5) is 16.8. The molecule has 0 bridgehead atoms. The van der Waals surface area contributed by atoms with Gasteiger partial charge < -0.3 is 9.30 Å². The molecule has 0 amide bonds. The Kier molecular flexibility index (Phi) is 7.30. The second-order valence-corrected chi connectivity index (χ2v) is 8.84. The Labute approximate surface area is 208 Å². The van der Waals surface area contributed by atoms with Crippen LogP contribution >= 0.6 is 0 Å². The number of carbonyl (C=O) groups excluding carboxylic acids is 1. The third-order valence-corrected chi connectivity index (χ3v) is 6.13. The van der Waals surface area contributed by atoms with Gasteiger partial charge in [-0.25, -0.2) is 9.78 Å². The van der Waals surface area contributed by atoms with Crippen molar-refractivity contribution in [3.05, 3.63) is 70.6 Å². The van der Waals surface area contributed by atoms with E-state index in [1.54, 1.807) is 12.1 Å². The van der Waals surface area contributed by atoms with E-state index in [-0.39, 0.29) is 35.5 Å². The molecule has 0 atom stereocenters. The van der Waals surface area contributed by atoms with E-state index < -0.39 is 29.4 Å². The van der Waals surface area contributed by atoms with Crippen molar-refractivity contribution in [1.82, 2.24) is 9.55 Å². The average Bonchev–Trinajstić information content (AvgIpc) is 3.19. The Morgan fingerprint density at radius 2 is 1.73 bits per heavy atom. The number of pyridine rings is 1. The van der Waals surface area contributed by atoms with Crippen molar-refractivity contribution in [2.24, 2.45) is 0 Å². The maximum absolute atomic E-state index is 13.3. The summed E-state index contributed by atoms with van der Waals surface area (Å²) in [7, 11) is 0. The van der Waals surface area contributed by atoms with Crippen molar-refractivity contribution in [2.45, 2.75) is 57.1 Å². The van der Waals surface area contributed by atoms with Gasteiger partial charge in [0.15, 0.2) is 0 Å². The average molecular weight is 521 g/mol. The van der Waals surface area contributed by atoms with Gasteiger partial charge in [0.25, 0.3) is 0 Å². The highest BCUT2D eigenvalue weighted by atomic mass is 19.4. The van der Waals surface area contributed by atoms with Crippen molar-refractivity contribution < 1.29 is 35.9 Å².